The smallest absolute Gasteiger partial charge is 0.150 e. The Morgan fingerprint density at radius 3 is 2.22 bits per heavy atom. The first-order valence-electron chi connectivity index (χ1n) is 14.5. The number of benzene rings is 2. The summed E-state index contributed by atoms with van der Waals surface area (Å²) in [6.07, 6.45) is 11.0. The number of nitrogens with zero attached hydrogens (tertiary/aromatic N) is 6. The summed E-state index contributed by atoms with van der Waals surface area (Å²) in [6.45, 7) is 9.20. The van der Waals surface area contributed by atoms with Gasteiger partial charge in [-0.3, -0.25) is 14.7 Å². The molecule has 0 N–H and O–H groups in total. The monoisotopic (exact) mass is 498 g/mol. The van der Waals surface area contributed by atoms with E-state index in [0.717, 1.165) is 38.4 Å². The fraction of sp³-hybridized carbons (Fsp3) is 0.548. The van der Waals surface area contributed by atoms with Gasteiger partial charge in [0.05, 0.1) is 12.6 Å². The van der Waals surface area contributed by atoms with Crippen LogP contribution in [-0.2, 0) is 19.5 Å². The highest BCUT2D eigenvalue weighted by molar-refractivity contribution is 5.25. The Balaban J connectivity index is 1.20. The average Bonchev–Trinajstić information content (AvgIpc) is 3.72. The van der Waals surface area contributed by atoms with Crippen molar-refractivity contribution >= 4 is 0 Å². The van der Waals surface area contributed by atoms with Crippen molar-refractivity contribution in [3.8, 4) is 0 Å². The summed E-state index contributed by atoms with van der Waals surface area (Å²) in [4.78, 5) is 8.02. The van der Waals surface area contributed by atoms with Gasteiger partial charge in [-0.2, -0.15) is 0 Å². The van der Waals surface area contributed by atoms with Crippen molar-refractivity contribution in [1.82, 2.24) is 29.5 Å². The van der Waals surface area contributed by atoms with Crippen LogP contribution in [0.25, 0.3) is 0 Å². The van der Waals surface area contributed by atoms with Crippen molar-refractivity contribution in [1.29, 1.82) is 0 Å². The van der Waals surface area contributed by atoms with Gasteiger partial charge in [0.2, 0.25) is 0 Å². The van der Waals surface area contributed by atoms with Crippen LogP contribution in [0.2, 0.25) is 0 Å². The maximum absolute atomic E-state index is 4.72. The fourth-order valence-corrected chi connectivity index (χ4v) is 6.64. The zero-order valence-electron chi connectivity index (χ0n) is 22.2. The molecule has 37 heavy (non-hydrogen) atoms. The van der Waals surface area contributed by atoms with Gasteiger partial charge in [0.25, 0.3) is 0 Å². The predicted molar refractivity (Wildman–Crippen MR) is 148 cm³/mol. The molecule has 0 aliphatic carbocycles. The van der Waals surface area contributed by atoms with Crippen molar-refractivity contribution in [2.45, 2.75) is 70.1 Å². The number of hydrogen-bond acceptors (Lipinski definition) is 5. The quantitative estimate of drug-likeness (QED) is 0.425. The second-order valence-corrected chi connectivity index (χ2v) is 11.4. The lowest BCUT2D eigenvalue weighted by Gasteiger charge is -2.29. The zero-order valence-corrected chi connectivity index (χ0v) is 22.2. The lowest BCUT2D eigenvalue weighted by molar-refractivity contribution is 0.191. The Hall–Kier alpha value is -2.54. The van der Waals surface area contributed by atoms with Gasteiger partial charge in [-0.1, -0.05) is 61.0 Å². The van der Waals surface area contributed by atoms with Crippen molar-refractivity contribution in [3.05, 3.63) is 83.4 Å². The molecule has 1 unspecified atom stereocenters. The summed E-state index contributed by atoms with van der Waals surface area (Å²) < 4.78 is 2.27. The standard InChI is InChI=1S/C31H42N6/c1-3-9-27(10-4-1)23-37-25-32-33-31(37)30(36-20-15-29(24-36)35-18-7-8-19-35)21-26-11-13-28(14-12-26)22-34-16-5-2-6-17-34/h1,3-4,9-14,25,29-30H,2,5-8,15-24H2/t29-,30?/m0/s1. The number of aromatic nitrogens is 3. The maximum atomic E-state index is 4.72. The largest absolute Gasteiger partial charge is 0.312 e. The van der Waals surface area contributed by atoms with E-state index in [1.54, 1.807) is 0 Å². The van der Waals surface area contributed by atoms with Crippen molar-refractivity contribution in [3.63, 3.8) is 0 Å². The summed E-state index contributed by atoms with van der Waals surface area (Å²) in [5, 5.41) is 9.12. The molecule has 3 aliphatic rings. The first-order chi connectivity index (χ1) is 18.3. The van der Waals surface area contributed by atoms with E-state index in [0.29, 0.717) is 6.04 Å². The summed E-state index contributed by atoms with van der Waals surface area (Å²) >= 11 is 0. The van der Waals surface area contributed by atoms with E-state index in [9.17, 15) is 0 Å². The van der Waals surface area contributed by atoms with E-state index in [2.05, 4.69) is 79.0 Å². The van der Waals surface area contributed by atoms with E-state index >= 15 is 0 Å². The van der Waals surface area contributed by atoms with Gasteiger partial charge < -0.3 is 4.57 Å². The molecule has 0 amide bonds. The second-order valence-electron chi connectivity index (χ2n) is 11.4. The van der Waals surface area contributed by atoms with Gasteiger partial charge in [-0.15, -0.1) is 10.2 Å². The summed E-state index contributed by atoms with van der Waals surface area (Å²) in [6, 6.07) is 21.0. The Bertz CT molecular complexity index is 1100. The van der Waals surface area contributed by atoms with Gasteiger partial charge in [0.15, 0.2) is 5.82 Å². The van der Waals surface area contributed by atoms with Crippen molar-refractivity contribution < 1.29 is 0 Å². The van der Waals surface area contributed by atoms with Crippen LogP contribution in [0, 0.1) is 0 Å². The number of rotatable bonds is 9. The third-order valence-corrected chi connectivity index (χ3v) is 8.74. The normalized spacial score (nSPS) is 22.5. The van der Waals surface area contributed by atoms with E-state index in [1.165, 1.54) is 81.4 Å². The third kappa shape index (κ3) is 6.14. The minimum absolute atomic E-state index is 0.242. The number of likely N-dealkylation sites (tertiary alicyclic amines) is 3. The Morgan fingerprint density at radius 1 is 0.730 bits per heavy atom. The molecule has 6 heteroatoms. The molecule has 4 heterocycles. The van der Waals surface area contributed by atoms with Gasteiger partial charge in [-0.05, 0) is 81.4 Å². The summed E-state index contributed by atoms with van der Waals surface area (Å²) in [7, 11) is 0. The second kappa shape index (κ2) is 11.9. The lowest BCUT2D eigenvalue weighted by atomic mass is 10.0. The minimum atomic E-state index is 0.242. The van der Waals surface area contributed by atoms with Crippen LogP contribution in [0.15, 0.2) is 60.9 Å². The Labute approximate surface area is 222 Å². The summed E-state index contributed by atoms with van der Waals surface area (Å²) in [5.74, 6) is 1.10. The van der Waals surface area contributed by atoms with Gasteiger partial charge >= 0.3 is 0 Å². The molecule has 196 valence electrons. The third-order valence-electron chi connectivity index (χ3n) is 8.74. The maximum Gasteiger partial charge on any atom is 0.150 e. The first kappa shape index (κ1) is 24.8. The molecular weight excluding hydrogens is 456 g/mol. The SMILES string of the molecule is c1ccc(Cn2cnnc2C(Cc2ccc(CN3CCCCC3)cc2)N2CC[C@H](N3CCCC3)C2)cc1. The molecule has 3 aliphatic heterocycles. The molecule has 3 fully saturated rings. The molecule has 2 aromatic carbocycles. The molecular formula is C31H42N6. The van der Waals surface area contributed by atoms with Crippen LogP contribution in [0.1, 0.15) is 67.1 Å². The first-order valence-corrected chi connectivity index (χ1v) is 14.5. The van der Waals surface area contributed by atoms with Crippen LogP contribution >= 0.6 is 0 Å². The van der Waals surface area contributed by atoms with Crippen molar-refractivity contribution in [2.24, 2.45) is 0 Å². The lowest BCUT2D eigenvalue weighted by Crippen LogP contribution is -2.37. The highest BCUT2D eigenvalue weighted by Crippen LogP contribution is 2.31. The number of piperidine rings is 1. The van der Waals surface area contributed by atoms with Gasteiger partial charge in [0, 0.05) is 25.7 Å². The molecule has 3 saturated heterocycles. The highest BCUT2D eigenvalue weighted by atomic mass is 15.3. The fourth-order valence-electron chi connectivity index (χ4n) is 6.64. The molecule has 0 spiro atoms. The van der Waals surface area contributed by atoms with Crippen LogP contribution in [0.4, 0.5) is 0 Å². The van der Waals surface area contributed by atoms with Crippen molar-refractivity contribution in [2.75, 3.05) is 39.3 Å². The molecule has 6 rings (SSSR count). The topological polar surface area (TPSA) is 40.4 Å². The molecule has 2 atom stereocenters. The predicted octanol–water partition coefficient (Wildman–Crippen LogP) is 4.77. The van der Waals surface area contributed by atoms with Gasteiger partial charge in [-0.25, -0.2) is 0 Å². The van der Waals surface area contributed by atoms with E-state index < -0.39 is 0 Å². The van der Waals surface area contributed by atoms with Crippen LogP contribution in [0.5, 0.6) is 0 Å². The molecule has 6 nitrogen and oxygen atoms in total. The Morgan fingerprint density at radius 2 is 1.43 bits per heavy atom. The zero-order chi connectivity index (χ0) is 24.9. The van der Waals surface area contributed by atoms with E-state index in [1.807, 2.05) is 6.33 Å². The summed E-state index contributed by atoms with van der Waals surface area (Å²) in [5.41, 5.74) is 4.12. The van der Waals surface area contributed by atoms with Gasteiger partial charge in [0.1, 0.15) is 6.33 Å². The van der Waals surface area contributed by atoms with E-state index in [-0.39, 0.29) is 6.04 Å². The molecule has 0 radical (unpaired) electrons. The van der Waals surface area contributed by atoms with Crippen LogP contribution in [-0.4, -0.2) is 74.8 Å². The molecule has 3 aromatic rings. The van der Waals surface area contributed by atoms with E-state index in [4.69, 9.17) is 5.10 Å². The van der Waals surface area contributed by atoms with Crippen LogP contribution in [0.3, 0.4) is 0 Å². The minimum Gasteiger partial charge on any atom is -0.312 e. The van der Waals surface area contributed by atoms with Crippen LogP contribution < -0.4 is 0 Å². The molecule has 1 aromatic heterocycles. The highest BCUT2D eigenvalue weighted by Gasteiger charge is 2.35. The Kier molecular flexibility index (Phi) is 7.96. The average molecular weight is 499 g/mol. The number of hydrogen-bond donors (Lipinski definition) is 0. The molecule has 0 bridgehead atoms. The molecule has 0 saturated carbocycles.